The van der Waals surface area contributed by atoms with E-state index in [2.05, 4.69) is 46.1 Å². The van der Waals surface area contributed by atoms with Crippen LogP contribution in [0.15, 0.2) is 0 Å². The molecule has 1 fully saturated rings. The lowest BCUT2D eigenvalue weighted by Crippen LogP contribution is -2.56. The molecule has 108 valence electrons. The summed E-state index contributed by atoms with van der Waals surface area (Å²) in [5, 5.41) is 13.5. The second-order valence-corrected chi connectivity index (χ2v) is 6.90. The van der Waals surface area contributed by atoms with Crippen molar-refractivity contribution in [1.29, 1.82) is 0 Å². The number of hydrogen-bond acceptors (Lipinski definition) is 6. The lowest BCUT2D eigenvalue weighted by atomic mass is 10.0. The molecule has 6 heteroatoms. The van der Waals surface area contributed by atoms with Gasteiger partial charge in [-0.05, 0) is 27.3 Å². The summed E-state index contributed by atoms with van der Waals surface area (Å²) in [5.41, 5.74) is 0.152. The van der Waals surface area contributed by atoms with Crippen molar-refractivity contribution in [3.63, 3.8) is 0 Å². The molecule has 2 heterocycles. The molecule has 0 bridgehead atoms. The highest BCUT2D eigenvalue weighted by molar-refractivity contribution is 7.15. The molecule has 0 aliphatic carbocycles. The van der Waals surface area contributed by atoms with Gasteiger partial charge in [-0.2, -0.15) is 0 Å². The number of nitrogens with one attached hydrogen (secondary N) is 1. The van der Waals surface area contributed by atoms with Crippen LogP contribution in [0.4, 0.5) is 5.13 Å². The SMILES string of the molecule is CCN1CCN(C(C)(C)CNc2nnc(C)s2)CC1. The van der Waals surface area contributed by atoms with Crippen LogP contribution in [0.5, 0.6) is 0 Å². The van der Waals surface area contributed by atoms with Crippen LogP contribution in [-0.4, -0.2) is 64.8 Å². The minimum Gasteiger partial charge on any atom is -0.358 e. The molecule has 0 unspecified atom stereocenters. The molecule has 0 spiro atoms. The monoisotopic (exact) mass is 283 g/mol. The standard InChI is InChI=1S/C13H25N5S/c1-5-17-6-8-18(9-7-17)13(3,4)10-14-12-16-15-11(2)19-12/h5-10H2,1-4H3,(H,14,16). The van der Waals surface area contributed by atoms with E-state index >= 15 is 0 Å². The zero-order valence-corrected chi connectivity index (χ0v) is 13.3. The van der Waals surface area contributed by atoms with Gasteiger partial charge >= 0.3 is 0 Å². The Balaban J connectivity index is 1.84. The van der Waals surface area contributed by atoms with Crippen LogP contribution in [0.2, 0.25) is 0 Å². The summed E-state index contributed by atoms with van der Waals surface area (Å²) in [6.45, 7) is 15.6. The number of rotatable bonds is 5. The van der Waals surface area contributed by atoms with E-state index in [9.17, 15) is 0 Å². The highest BCUT2D eigenvalue weighted by atomic mass is 32.1. The van der Waals surface area contributed by atoms with Gasteiger partial charge in [0.1, 0.15) is 5.01 Å². The number of hydrogen-bond donors (Lipinski definition) is 1. The van der Waals surface area contributed by atoms with Crippen LogP contribution in [0.1, 0.15) is 25.8 Å². The van der Waals surface area contributed by atoms with Crippen molar-refractivity contribution in [2.75, 3.05) is 44.6 Å². The molecular formula is C13H25N5S. The van der Waals surface area contributed by atoms with Crippen LogP contribution in [-0.2, 0) is 0 Å². The molecule has 5 nitrogen and oxygen atoms in total. The van der Waals surface area contributed by atoms with Crippen molar-refractivity contribution in [1.82, 2.24) is 20.0 Å². The minimum atomic E-state index is 0.152. The van der Waals surface area contributed by atoms with Gasteiger partial charge in [-0.3, -0.25) is 4.90 Å². The maximum atomic E-state index is 4.12. The number of anilines is 1. The third-order valence-corrected chi connectivity index (χ3v) is 4.67. The van der Waals surface area contributed by atoms with Crippen molar-refractivity contribution in [2.45, 2.75) is 33.2 Å². The first-order valence-electron chi connectivity index (χ1n) is 7.02. The van der Waals surface area contributed by atoms with Crippen molar-refractivity contribution >= 4 is 16.5 Å². The van der Waals surface area contributed by atoms with Crippen molar-refractivity contribution in [3.8, 4) is 0 Å². The highest BCUT2D eigenvalue weighted by Gasteiger charge is 2.29. The molecule has 2 rings (SSSR count). The second-order valence-electron chi connectivity index (χ2n) is 5.71. The van der Waals surface area contributed by atoms with E-state index in [0.29, 0.717) is 0 Å². The molecule has 0 atom stereocenters. The van der Waals surface area contributed by atoms with Gasteiger partial charge in [0.2, 0.25) is 5.13 Å². The Hall–Kier alpha value is -0.720. The Morgan fingerprint density at radius 3 is 2.42 bits per heavy atom. The second kappa shape index (κ2) is 6.15. The summed E-state index contributed by atoms with van der Waals surface area (Å²) in [5.74, 6) is 0. The van der Waals surface area contributed by atoms with E-state index < -0.39 is 0 Å². The Morgan fingerprint density at radius 2 is 1.89 bits per heavy atom. The smallest absolute Gasteiger partial charge is 0.205 e. The number of piperazine rings is 1. The lowest BCUT2D eigenvalue weighted by molar-refractivity contribution is 0.0614. The number of nitrogens with zero attached hydrogens (tertiary/aromatic N) is 4. The van der Waals surface area contributed by atoms with E-state index in [1.807, 2.05) is 6.92 Å². The molecular weight excluding hydrogens is 258 g/mol. The van der Waals surface area contributed by atoms with Crippen molar-refractivity contribution in [3.05, 3.63) is 5.01 Å². The summed E-state index contributed by atoms with van der Waals surface area (Å²) in [4.78, 5) is 5.08. The number of likely N-dealkylation sites (N-methyl/N-ethyl adjacent to an activating group) is 1. The Kier molecular flexibility index (Phi) is 4.76. The van der Waals surface area contributed by atoms with Crippen molar-refractivity contribution in [2.24, 2.45) is 0 Å². The van der Waals surface area contributed by atoms with Gasteiger partial charge in [0, 0.05) is 38.3 Å². The normalized spacial score (nSPS) is 18.7. The van der Waals surface area contributed by atoms with Gasteiger partial charge in [-0.1, -0.05) is 18.3 Å². The molecule has 0 radical (unpaired) electrons. The Morgan fingerprint density at radius 1 is 1.21 bits per heavy atom. The summed E-state index contributed by atoms with van der Waals surface area (Å²) in [6.07, 6.45) is 0. The van der Waals surface area contributed by atoms with E-state index in [-0.39, 0.29) is 5.54 Å². The summed E-state index contributed by atoms with van der Waals surface area (Å²) in [7, 11) is 0. The third kappa shape index (κ3) is 3.87. The molecule has 1 aliphatic rings. The van der Waals surface area contributed by atoms with Gasteiger partial charge in [0.05, 0.1) is 0 Å². The average Bonchev–Trinajstić information content (AvgIpc) is 2.82. The van der Waals surface area contributed by atoms with Gasteiger partial charge in [0.25, 0.3) is 0 Å². The number of aryl methyl sites for hydroxylation is 1. The Bertz CT molecular complexity index is 395. The predicted molar refractivity (Wildman–Crippen MR) is 80.9 cm³/mol. The zero-order valence-electron chi connectivity index (χ0n) is 12.4. The quantitative estimate of drug-likeness (QED) is 0.890. The van der Waals surface area contributed by atoms with Crippen LogP contribution in [0.3, 0.4) is 0 Å². The molecule has 0 saturated carbocycles. The fourth-order valence-electron chi connectivity index (χ4n) is 2.44. The predicted octanol–water partition coefficient (Wildman–Crippen LogP) is 1.67. The molecule has 1 saturated heterocycles. The zero-order chi connectivity index (χ0) is 13.9. The largest absolute Gasteiger partial charge is 0.358 e. The van der Waals surface area contributed by atoms with E-state index in [1.54, 1.807) is 11.3 Å². The third-order valence-electron chi connectivity index (χ3n) is 3.87. The van der Waals surface area contributed by atoms with Gasteiger partial charge in [-0.15, -0.1) is 10.2 Å². The van der Waals surface area contributed by atoms with Crippen LogP contribution < -0.4 is 5.32 Å². The Labute approximate surface area is 120 Å². The maximum Gasteiger partial charge on any atom is 0.205 e. The van der Waals surface area contributed by atoms with E-state index in [0.717, 1.165) is 36.3 Å². The maximum absolute atomic E-state index is 4.12. The topological polar surface area (TPSA) is 44.3 Å². The average molecular weight is 283 g/mol. The summed E-state index contributed by atoms with van der Waals surface area (Å²) < 4.78 is 0. The lowest BCUT2D eigenvalue weighted by Gasteiger charge is -2.44. The molecule has 0 aromatic carbocycles. The summed E-state index contributed by atoms with van der Waals surface area (Å²) in [6, 6.07) is 0. The van der Waals surface area contributed by atoms with E-state index in [4.69, 9.17) is 0 Å². The minimum absolute atomic E-state index is 0.152. The van der Waals surface area contributed by atoms with Crippen molar-refractivity contribution < 1.29 is 0 Å². The molecule has 1 aromatic heterocycles. The van der Waals surface area contributed by atoms with E-state index in [1.165, 1.54) is 13.1 Å². The van der Waals surface area contributed by atoms with Gasteiger partial charge in [0.15, 0.2) is 0 Å². The first kappa shape index (κ1) is 14.7. The first-order chi connectivity index (χ1) is 9.01. The fourth-order valence-corrected chi connectivity index (χ4v) is 3.03. The molecule has 1 N–H and O–H groups in total. The highest BCUT2D eigenvalue weighted by Crippen LogP contribution is 2.20. The van der Waals surface area contributed by atoms with Gasteiger partial charge < -0.3 is 10.2 Å². The molecule has 19 heavy (non-hydrogen) atoms. The van der Waals surface area contributed by atoms with Gasteiger partial charge in [-0.25, -0.2) is 0 Å². The number of aromatic nitrogens is 2. The van der Waals surface area contributed by atoms with Crippen LogP contribution in [0.25, 0.3) is 0 Å². The van der Waals surface area contributed by atoms with Crippen LogP contribution >= 0.6 is 11.3 Å². The molecule has 0 amide bonds. The fraction of sp³-hybridized carbons (Fsp3) is 0.846. The van der Waals surface area contributed by atoms with Crippen LogP contribution in [0, 0.1) is 6.92 Å². The molecule has 1 aliphatic heterocycles. The summed E-state index contributed by atoms with van der Waals surface area (Å²) >= 11 is 1.62. The first-order valence-corrected chi connectivity index (χ1v) is 7.84. The molecule has 1 aromatic rings.